The molecular formula is C17H12Cl2N4OS. The van der Waals surface area contributed by atoms with E-state index in [9.17, 15) is 4.79 Å². The van der Waals surface area contributed by atoms with Crippen molar-refractivity contribution in [1.29, 1.82) is 0 Å². The van der Waals surface area contributed by atoms with Crippen LogP contribution in [0.2, 0.25) is 10.2 Å². The van der Waals surface area contributed by atoms with Gasteiger partial charge in [-0.1, -0.05) is 64.9 Å². The molecule has 5 nitrogen and oxygen atoms in total. The molecule has 1 heterocycles. The van der Waals surface area contributed by atoms with Crippen molar-refractivity contribution >= 4 is 57.5 Å². The first-order valence-corrected chi connectivity index (χ1v) is 8.77. The number of rotatable bonds is 5. The first-order valence-electron chi connectivity index (χ1n) is 7.20. The lowest BCUT2D eigenvalue weighted by atomic mass is 10.2. The lowest BCUT2D eigenvalue weighted by Gasteiger charge is -2.01. The summed E-state index contributed by atoms with van der Waals surface area (Å²) in [5.74, 6) is -0.398. The van der Waals surface area contributed by atoms with E-state index in [1.165, 1.54) is 17.6 Å². The van der Waals surface area contributed by atoms with Crippen LogP contribution in [0.1, 0.15) is 15.2 Å². The number of thiazole rings is 1. The van der Waals surface area contributed by atoms with Crippen molar-refractivity contribution in [2.24, 2.45) is 5.10 Å². The third-order valence-electron chi connectivity index (χ3n) is 3.10. The third kappa shape index (κ3) is 4.57. The molecule has 3 aromatic rings. The zero-order valence-electron chi connectivity index (χ0n) is 12.7. The van der Waals surface area contributed by atoms with Crippen molar-refractivity contribution in [2.75, 3.05) is 5.32 Å². The number of hydrogen-bond donors (Lipinski definition) is 2. The second kappa shape index (κ2) is 8.11. The van der Waals surface area contributed by atoms with E-state index in [1.807, 2.05) is 30.3 Å². The van der Waals surface area contributed by atoms with Gasteiger partial charge in [0.2, 0.25) is 0 Å². The molecule has 0 spiro atoms. The minimum Gasteiger partial charge on any atom is -0.331 e. The predicted molar refractivity (Wildman–Crippen MR) is 103 cm³/mol. The van der Waals surface area contributed by atoms with Gasteiger partial charge in [-0.25, -0.2) is 10.4 Å². The van der Waals surface area contributed by atoms with Crippen LogP contribution in [0.5, 0.6) is 0 Å². The summed E-state index contributed by atoms with van der Waals surface area (Å²) in [5.41, 5.74) is 3.68. The van der Waals surface area contributed by atoms with Gasteiger partial charge in [0.1, 0.15) is 0 Å². The molecule has 3 rings (SSSR count). The summed E-state index contributed by atoms with van der Waals surface area (Å²) < 4.78 is 0. The Balaban J connectivity index is 1.66. The van der Waals surface area contributed by atoms with Gasteiger partial charge in [0.25, 0.3) is 5.91 Å². The molecular weight excluding hydrogens is 379 g/mol. The van der Waals surface area contributed by atoms with Crippen molar-refractivity contribution in [3.63, 3.8) is 0 Å². The van der Waals surface area contributed by atoms with Crippen molar-refractivity contribution in [3.8, 4) is 0 Å². The summed E-state index contributed by atoms with van der Waals surface area (Å²) in [5, 5.41) is 8.37. The van der Waals surface area contributed by atoms with Gasteiger partial charge in [-0.2, -0.15) is 5.10 Å². The van der Waals surface area contributed by atoms with Crippen molar-refractivity contribution in [1.82, 2.24) is 10.4 Å². The van der Waals surface area contributed by atoms with E-state index in [0.29, 0.717) is 25.7 Å². The molecule has 0 unspecified atom stereocenters. The number of carbonyl (C=O) groups excluding carboxylic acids is 1. The van der Waals surface area contributed by atoms with E-state index in [4.69, 9.17) is 23.2 Å². The summed E-state index contributed by atoms with van der Waals surface area (Å²) in [7, 11) is 0. The Morgan fingerprint density at radius 2 is 1.80 bits per heavy atom. The van der Waals surface area contributed by atoms with E-state index in [1.54, 1.807) is 24.3 Å². The number of amides is 1. The monoisotopic (exact) mass is 390 g/mol. The summed E-state index contributed by atoms with van der Waals surface area (Å²) >= 11 is 13.4. The maximum Gasteiger partial charge on any atom is 0.272 e. The van der Waals surface area contributed by atoms with Crippen LogP contribution in [0.4, 0.5) is 10.8 Å². The predicted octanol–water partition coefficient (Wildman–Crippen LogP) is 4.96. The van der Waals surface area contributed by atoms with Crippen molar-refractivity contribution < 1.29 is 4.79 Å². The molecule has 0 aliphatic rings. The minimum atomic E-state index is -0.398. The van der Waals surface area contributed by atoms with Crippen molar-refractivity contribution in [2.45, 2.75) is 0 Å². The number of benzene rings is 2. The molecule has 8 heteroatoms. The van der Waals surface area contributed by atoms with Crippen LogP contribution in [0.3, 0.4) is 0 Å². The Bertz CT molecular complexity index is 912. The van der Waals surface area contributed by atoms with Gasteiger partial charge >= 0.3 is 0 Å². The molecule has 0 bridgehead atoms. The Hall–Kier alpha value is -2.41. The minimum absolute atomic E-state index is 0.305. The first-order chi connectivity index (χ1) is 12.1. The fourth-order valence-electron chi connectivity index (χ4n) is 1.95. The molecule has 0 aliphatic carbocycles. The second-order valence-electron chi connectivity index (χ2n) is 4.84. The third-order valence-corrected chi connectivity index (χ3v) is 4.74. The fraction of sp³-hybridized carbons (Fsp3) is 0. The van der Waals surface area contributed by atoms with Crippen LogP contribution in [0, 0.1) is 0 Å². The molecule has 25 heavy (non-hydrogen) atoms. The number of nitrogens with one attached hydrogen (secondary N) is 2. The second-order valence-corrected chi connectivity index (χ2v) is 6.64. The van der Waals surface area contributed by atoms with E-state index in [0.717, 1.165) is 5.69 Å². The molecule has 126 valence electrons. The number of para-hydroxylation sites is 1. The zero-order valence-corrected chi connectivity index (χ0v) is 15.1. The molecule has 2 N–H and O–H groups in total. The highest BCUT2D eigenvalue weighted by molar-refractivity contribution is 7.17. The van der Waals surface area contributed by atoms with Crippen LogP contribution in [-0.4, -0.2) is 17.1 Å². The van der Waals surface area contributed by atoms with E-state index >= 15 is 0 Å². The van der Waals surface area contributed by atoms with Gasteiger partial charge in [0.05, 0.1) is 21.7 Å². The first kappa shape index (κ1) is 17.4. The van der Waals surface area contributed by atoms with Crippen LogP contribution < -0.4 is 10.7 Å². The molecule has 0 fully saturated rings. The van der Waals surface area contributed by atoms with Gasteiger partial charge < -0.3 is 5.32 Å². The van der Waals surface area contributed by atoms with Gasteiger partial charge in [-0.15, -0.1) is 0 Å². The highest BCUT2D eigenvalue weighted by Gasteiger charge is 2.10. The maximum atomic E-state index is 12.0. The largest absolute Gasteiger partial charge is 0.331 e. The smallest absolute Gasteiger partial charge is 0.272 e. The summed E-state index contributed by atoms with van der Waals surface area (Å²) in [4.78, 5) is 16.9. The average molecular weight is 391 g/mol. The van der Waals surface area contributed by atoms with Crippen LogP contribution in [0.25, 0.3) is 0 Å². The maximum absolute atomic E-state index is 12.0. The number of aromatic nitrogens is 1. The standard InChI is InChI=1S/C17H12Cl2N4OS/c18-13-9-5-4-8-12(13)16(24)23-20-10-14-15(19)22-17(25-14)21-11-6-2-1-3-7-11/h1-10H,(H,21,22)(H,23,24)/b20-10+. The molecule has 2 aromatic carbocycles. The molecule has 1 amide bonds. The van der Waals surface area contributed by atoms with E-state index < -0.39 is 5.91 Å². The normalized spacial score (nSPS) is 10.8. The average Bonchev–Trinajstić information content (AvgIpc) is 2.95. The highest BCUT2D eigenvalue weighted by atomic mass is 35.5. The topological polar surface area (TPSA) is 66.4 Å². The van der Waals surface area contributed by atoms with Gasteiger partial charge in [0.15, 0.2) is 10.3 Å². The highest BCUT2D eigenvalue weighted by Crippen LogP contribution is 2.27. The molecule has 1 aromatic heterocycles. The SMILES string of the molecule is O=C(N/N=C/c1sc(Nc2ccccc2)nc1Cl)c1ccccc1Cl. The Kier molecular flexibility index (Phi) is 5.65. The number of anilines is 2. The molecule has 0 saturated heterocycles. The Labute approximate surface area is 158 Å². The fourth-order valence-corrected chi connectivity index (χ4v) is 3.22. The van der Waals surface area contributed by atoms with E-state index in [-0.39, 0.29) is 0 Å². The molecule has 0 aliphatic heterocycles. The number of nitrogens with zero attached hydrogens (tertiary/aromatic N) is 2. The zero-order chi connectivity index (χ0) is 17.6. The summed E-state index contributed by atoms with van der Waals surface area (Å²) in [6, 6.07) is 16.4. The van der Waals surface area contributed by atoms with Crippen molar-refractivity contribution in [3.05, 3.63) is 75.2 Å². The molecule has 0 radical (unpaired) electrons. The van der Waals surface area contributed by atoms with Gasteiger partial charge in [-0.05, 0) is 24.3 Å². The molecule has 0 saturated carbocycles. The van der Waals surface area contributed by atoms with Crippen LogP contribution in [-0.2, 0) is 0 Å². The number of halogens is 2. The van der Waals surface area contributed by atoms with E-state index in [2.05, 4.69) is 20.8 Å². The molecule has 0 atom stereocenters. The Morgan fingerprint density at radius 1 is 1.08 bits per heavy atom. The quantitative estimate of drug-likeness (QED) is 0.477. The van der Waals surface area contributed by atoms with Crippen LogP contribution in [0.15, 0.2) is 59.7 Å². The summed E-state index contributed by atoms with van der Waals surface area (Å²) in [6.45, 7) is 0. The Morgan fingerprint density at radius 3 is 2.56 bits per heavy atom. The number of hydrogen-bond acceptors (Lipinski definition) is 5. The lowest BCUT2D eigenvalue weighted by Crippen LogP contribution is -2.17. The lowest BCUT2D eigenvalue weighted by molar-refractivity contribution is 0.0955. The van der Waals surface area contributed by atoms with Gasteiger partial charge in [-0.3, -0.25) is 4.79 Å². The summed E-state index contributed by atoms with van der Waals surface area (Å²) in [6.07, 6.45) is 1.45. The number of hydrazone groups is 1. The van der Waals surface area contributed by atoms with Crippen LogP contribution >= 0.6 is 34.5 Å². The van der Waals surface area contributed by atoms with Gasteiger partial charge in [0, 0.05) is 5.69 Å². The number of carbonyl (C=O) groups is 1.